The van der Waals surface area contributed by atoms with Crippen molar-refractivity contribution >= 4 is 39.4 Å². The molecular weight excluding hydrogens is 723 g/mol. The number of aromatic nitrogens is 3. The third kappa shape index (κ3) is 8.71. The molecule has 6 aromatic rings. The molecule has 1 aliphatic heterocycles. The fraction of sp³-hybridized carbons (Fsp3) is 0.356. The average Bonchev–Trinajstić information content (AvgIpc) is 3.75. The Morgan fingerprint density at radius 3 is 2.33 bits per heavy atom. The fourth-order valence-corrected chi connectivity index (χ4v) is 7.46. The number of H-pyrrole nitrogens is 1. The molecule has 298 valence electrons. The van der Waals surface area contributed by atoms with Crippen molar-refractivity contribution in [3.05, 3.63) is 108 Å². The van der Waals surface area contributed by atoms with Crippen LogP contribution in [0.5, 0.6) is 11.5 Å². The number of nitrogens with zero attached hydrogens (tertiary/aromatic N) is 4. The monoisotopic (exact) mass is 773 g/mol. The molecule has 12 nitrogen and oxygen atoms in total. The van der Waals surface area contributed by atoms with Crippen LogP contribution < -0.4 is 14.4 Å². The molecule has 1 fully saturated rings. The van der Waals surface area contributed by atoms with Crippen molar-refractivity contribution in [1.29, 1.82) is 0 Å². The van der Waals surface area contributed by atoms with Crippen molar-refractivity contribution in [2.45, 2.75) is 59.4 Å². The highest BCUT2D eigenvalue weighted by molar-refractivity contribution is 6.04. The van der Waals surface area contributed by atoms with Crippen LogP contribution in [0.1, 0.15) is 61.6 Å². The average molecular weight is 774 g/mol. The largest absolute Gasteiger partial charge is 0.493 e. The molecule has 1 amide bonds. The molecule has 2 aromatic heterocycles. The number of aryl methyl sites for hydroxylation is 2. The summed E-state index contributed by atoms with van der Waals surface area (Å²) in [6.45, 7) is 10.6. The molecule has 4 aromatic carbocycles. The maximum atomic E-state index is 13.4. The molecule has 12 heteroatoms. The van der Waals surface area contributed by atoms with Crippen LogP contribution in [0.4, 0.5) is 10.5 Å². The van der Waals surface area contributed by atoms with Crippen molar-refractivity contribution in [2.24, 2.45) is 7.05 Å². The number of piperazine rings is 1. The van der Waals surface area contributed by atoms with E-state index in [9.17, 15) is 14.7 Å². The normalized spacial score (nSPS) is 13.3. The van der Waals surface area contributed by atoms with Gasteiger partial charge in [-0.15, -0.1) is 0 Å². The number of carbonyl (C=O) groups excluding carboxylic acids is 2. The second-order valence-electron chi connectivity index (χ2n) is 15.1. The number of nitrogens with one attached hydrogen (secondary N) is 1. The molecule has 1 saturated heterocycles. The van der Waals surface area contributed by atoms with Crippen LogP contribution in [0, 0.1) is 0 Å². The molecular formula is C45H51N5O7. The van der Waals surface area contributed by atoms with Gasteiger partial charge in [-0.3, -0.25) is 4.68 Å². The van der Waals surface area contributed by atoms with E-state index in [1.165, 1.54) is 0 Å². The number of amides is 1. The highest BCUT2D eigenvalue weighted by atomic mass is 16.6. The number of anilines is 1. The first-order valence-electron chi connectivity index (χ1n) is 19.6. The minimum absolute atomic E-state index is 0.150. The number of esters is 1. The predicted molar refractivity (Wildman–Crippen MR) is 221 cm³/mol. The summed E-state index contributed by atoms with van der Waals surface area (Å²) < 4.78 is 25.3. The lowest BCUT2D eigenvalue weighted by Gasteiger charge is -2.36. The second kappa shape index (κ2) is 17.0. The molecule has 0 radical (unpaired) electrons. The summed E-state index contributed by atoms with van der Waals surface area (Å²) in [5.41, 5.74) is 5.34. The van der Waals surface area contributed by atoms with Crippen molar-refractivity contribution in [3.63, 3.8) is 0 Å². The maximum absolute atomic E-state index is 13.4. The number of aliphatic hydroxyl groups excluding tert-OH is 1. The number of rotatable bonds is 13. The van der Waals surface area contributed by atoms with Crippen molar-refractivity contribution in [3.8, 4) is 22.6 Å². The minimum atomic E-state index is -0.526. The molecule has 3 heterocycles. The number of hydrogen-bond acceptors (Lipinski definition) is 9. The Morgan fingerprint density at radius 1 is 0.877 bits per heavy atom. The number of carbonyl (C=O) groups is 2. The van der Waals surface area contributed by atoms with Gasteiger partial charge in [-0.25, -0.2) is 9.59 Å². The van der Waals surface area contributed by atoms with Crippen molar-refractivity contribution in [1.82, 2.24) is 19.7 Å². The first-order chi connectivity index (χ1) is 27.5. The van der Waals surface area contributed by atoms with Gasteiger partial charge in [0.05, 0.1) is 31.0 Å². The number of ether oxygens (including phenoxy) is 4. The van der Waals surface area contributed by atoms with Gasteiger partial charge in [-0.2, -0.15) is 5.10 Å². The molecule has 0 saturated carbocycles. The molecule has 7 rings (SSSR count). The van der Waals surface area contributed by atoms with Gasteiger partial charge in [0, 0.05) is 60.8 Å². The van der Waals surface area contributed by atoms with Gasteiger partial charge in [0.1, 0.15) is 35.1 Å². The van der Waals surface area contributed by atoms with E-state index in [0.29, 0.717) is 68.5 Å². The summed E-state index contributed by atoms with van der Waals surface area (Å²) in [6, 6.07) is 28.0. The summed E-state index contributed by atoms with van der Waals surface area (Å²) in [6.07, 6.45) is 0.963. The van der Waals surface area contributed by atoms with Crippen LogP contribution in [-0.4, -0.2) is 81.8 Å². The summed E-state index contributed by atoms with van der Waals surface area (Å²) >= 11 is 0. The second-order valence-corrected chi connectivity index (χ2v) is 15.1. The number of benzene rings is 4. The van der Waals surface area contributed by atoms with Gasteiger partial charge in [-0.05, 0) is 81.8 Å². The topological polar surface area (TPSA) is 131 Å². The van der Waals surface area contributed by atoms with Gasteiger partial charge >= 0.3 is 12.1 Å². The standard InChI is InChI=1S/C45H51N5O7/c1-6-54-43(52)42-35(17-11-27-55-39-18-9-13-30-12-7-8-14-33(30)39)34-15-10-16-36(41(34)46-42)40-37(47-48(5)38(40)28-51)29-56-32-21-19-31(20-22-32)49-23-25-50(26-24-49)44(53)57-45(2,3)4/h7-10,12-16,18-22,46,51H,6,11,17,23-29H2,1-5H3. The summed E-state index contributed by atoms with van der Waals surface area (Å²) in [4.78, 5) is 33.3. The summed E-state index contributed by atoms with van der Waals surface area (Å²) in [5.74, 6) is 1.08. The SMILES string of the molecule is CCOC(=O)c1[nH]c2c(-c3c(COc4ccc(N5CCN(C(=O)OC(C)(C)C)CC5)cc4)nn(C)c3CO)cccc2c1CCCOc1cccc2ccccc12. The zero-order chi connectivity index (χ0) is 40.1. The van der Waals surface area contributed by atoms with Crippen LogP contribution in [-0.2, 0) is 36.2 Å². The molecule has 0 atom stereocenters. The van der Waals surface area contributed by atoms with Crippen LogP contribution in [0.2, 0.25) is 0 Å². The van der Waals surface area contributed by atoms with Gasteiger partial charge in [-0.1, -0.05) is 54.6 Å². The van der Waals surface area contributed by atoms with E-state index in [-0.39, 0.29) is 25.9 Å². The Bertz CT molecular complexity index is 2350. The smallest absolute Gasteiger partial charge is 0.410 e. The highest BCUT2D eigenvalue weighted by Gasteiger charge is 2.27. The molecule has 0 spiro atoms. The Morgan fingerprint density at radius 2 is 1.60 bits per heavy atom. The van der Waals surface area contributed by atoms with Crippen molar-refractivity contribution < 1.29 is 33.6 Å². The van der Waals surface area contributed by atoms with E-state index in [0.717, 1.165) is 49.8 Å². The summed E-state index contributed by atoms with van der Waals surface area (Å²) in [7, 11) is 1.80. The lowest BCUT2D eigenvalue weighted by molar-refractivity contribution is 0.0240. The van der Waals surface area contributed by atoms with E-state index in [4.69, 9.17) is 24.0 Å². The fourth-order valence-electron chi connectivity index (χ4n) is 7.46. The predicted octanol–water partition coefficient (Wildman–Crippen LogP) is 8.04. The Labute approximate surface area is 332 Å². The first-order valence-corrected chi connectivity index (χ1v) is 19.6. The van der Waals surface area contributed by atoms with Crippen molar-refractivity contribution in [2.75, 3.05) is 44.3 Å². The van der Waals surface area contributed by atoms with Crippen LogP contribution >= 0.6 is 0 Å². The zero-order valence-corrected chi connectivity index (χ0v) is 33.3. The van der Waals surface area contributed by atoms with E-state index in [1.807, 2.05) is 87.5 Å². The number of aromatic amines is 1. The molecule has 1 aliphatic rings. The number of para-hydroxylation sites is 1. The molecule has 0 unspecified atom stereocenters. The van der Waals surface area contributed by atoms with Gasteiger partial charge < -0.3 is 38.8 Å². The van der Waals surface area contributed by atoms with E-state index in [1.54, 1.807) is 23.6 Å². The first kappa shape index (κ1) is 39.2. The maximum Gasteiger partial charge on any atom is 0.410 e. The van der Waals surface area contributed by atoms with E-state index < -0.39 is 11.6 Å². The minimum Gasteiger partial charge on any atom is -0.493 e. The molecule has 0 bridgehead atoms. The highest BCUT2D eigenvalue weighted by Crippen LogP contribution is 2.37. The molecule has 2 N–H and O–H groups in total. The number of fused-ring (bicyclic) bond motifs is 2. The third-order valence-electron chi connectivity index (χ3n) is 10.2. The van der Waals surface area contributed by atoms with Crippen LogP contribution in [0.25, 0.3) is 32.8 Å². The van der Waals surface area contributed by atoms with Crippen LogP contribution in [0.15, 0.2) is 84.9 Å². The number of hydrogen-bond donors (Lipinski definition) is 2. The Hall–Kier alpha value is -6.01. The lowest BCUT2D eigenvalue weighted by Crippen LogP contribution is -2.50. The quantitative estimate of drug-likeness (QED) is 0.0885. The summed E-state index contributed by atoms with van der Waals surface area (Å²) in [5, 5.41) is 18.4. The van der Waals surface area contributed by atoms with Gasteiger partial charge in [0.25, 0.3) is 0 Å². The van der Waals surface area contributed by atoms with Gasteiger partial charge in [0.15, 0.2) is 0 Å². The van der Waals surface area contributed by atoms with E-state index in [2.05, 4.69) is 28.1 Å². The lowest BCUT2D eigenvalue weighted by atomic mass is 9.98. The Kier molecular flexibility index (Phi) is 11.7. The molecule has 57 heavy (non-hydrogen) atoms. The third-order valence-corrected chi connectivity index (χ3v) is 10.2. The van der Waals surface area contributed by atoms with Gasteiger partial charge in [0.2, 0.25) is 0 Å². The van der Waals surface area contributed by atoms with E-state index >= 15 is 0 Å². The number of aliphatic hydroxyl groups is 1. The van der Waals surface area contributed by atoms with Crippen LogP contribution in [0.3, 0.4) is 0 Å². The molecule has 0 aliphatic carbocycles. The Balaban J connectivity index is 1.08. The zero-order valence-electron chi connectivity index (χ0n) is 33.3.